The van der Waals surface area contributed by atoms with E-state index in [4.69, 9.17) is 0 Å². The minimum atomic E-state index is -0.376. The average molecular weight is 462 g/mol. The second kappa shape index (κ2) is 8.48. The van der Waals surface area contributed by atoms with E-state index in [-0.39, 0.29) is 23.5 Å². The molecule has 2 atom stereocenters. The molecular weight excluding hydrogens is 438 g/mol. The Morgan fingerprint density at radius 3 is 2.72 bits per heavy atom. The molecule has 0 bridgehead atoms. The smallest absolute Gasteiger partial charge is 0.255 e. The van der Waals surface area contributed by atoms with E-state index < -0.39 is 0 Å². The van der Waals surface area contributed by atoms with Gasteiger partial charge in [0.1, 0.15) is 5.82 Å². The van der Waals surface area contributed by atoms with Crippen molar-refractivity contribution in [1.82, 2.24) is 10.3 Å². The summed E-state index contributed by atoms with van der Waals surface area (Å²) in [5.74, 6) is 0.186. The lowest BCUT2D eigenvalue weighted by molar-refractivity contribution is -0.116. The summed E-state index contributed by atoms with van der Waals surface area (Å²) in [6, 6.07) is 11.7. The molecular formula is C25H23N3O2S2. The molecule has 162 valence electrons. The number of hydrogen-bond acceptors (Lipinski definition) is 6. The second-order valence-electron chi connectivity index (χ2n) is 8.21. The number of nitrogens with zero attached hydrogens (tertiary/aromatic N) is 1. The monoisotopic (exact) mass is 461 g/mol. The van der Waals surface area contributed by atoms with Crippen LogP contribution in [0.3, 0.4) is 0 Å². The Kier molecular flexibility index (Phi) is 5.53. The van der Waals surface area contributed by atoms with E-state index in [0.717, 1.165) is 34.6 Å². The van der Waals surface area contributed by atoms with Crippen LogP contribution in [0.4, 0.5) is 5.82 Å². The topological polar surface area (TPSA) is 71.1 Å². The van der Waals surface area contributed by atoms with E-state index in [1.165, 1.54) is 4.88 Å². The fourth-order valence-corrected chi connectivity index (χ4v) is 6.15. The number of dihydropyridines is 1. The van der Waals surface area contributed by atoms with Gasteiger partial charge in [0, 0.05) is 51.4 Å². The van der Waals surface area contributed by atoms with Gasteiger partial charge in [-0.05, 0) is 66.2 Å². The zero-order valence-corrected chi connectivity index (χ0v) is 19.5. The molecule has 1 aliphatic heterocycles. The maximum absolute atomic E-state index is 13.5. The SMILES string of the molecule is CC1=C(C(=O)Nc2cccc(C)n2)[C@@H](c2ccsc2)C2=C(C[C@@H](c3cccs3)CC2=O)N1. The standard InChI is InChI=1S/C25H23N3O2S2/c1-14-5-3-7-21(26-14)28-25(30)22-15(2)27-18-11-17(20-6-4-9-32-20)12-19(29)24(18)23(22)16-8-10-31-13-16/h3-10,13,17,23,27H,11-12H2,1-2H3,(H,26,28,30)/t17-,23-/m1/s1. The van der Waals surface area contributed by atoms with Crippen LogP contribution in [0, 0.1) is 6.92 Å². The quantitative estimate of drug-likeness (QED) is 0.537. The minimum Gasteiger partial charge on any atom is -0.362 e. The Labute approximate surface area is 194 Å². The lowest BCUT2D eigenvalue weighted by atomic mass is 9.73. The van der Waals surface area contributed by atoms with Gasteiger partial charge < -0.3 is 10.6 Å². The minimum absolute atomic E-state index is 0.111. The summed E-state index contributed by atoms with van der Waals surface area (Å²) in [5, 5.41) is 12.4. The maximum atomic E-state index is 13.5. The number of thiophene rings is 2. The highest BCUT2D eigenvalue weighted by Gasteiger charge is 2.41. The number of Topliss-reactive ketones (excluding diaryl/α,β-unsaturated/α-hetero) is 1. The summed E-state index contributed by atoms with van der Waals surface area (Å²) in [6.07, 6.45) is 1.24. The number of amides is 1. The molecule has 2 N–H and O–H groups in total. The van der Waals surface area contributed by atoms with Crippen LogP contribution in [0.25, 0.3) is 0 Å². The number of carbonyl (C=O) groups is 2. The average Bonchev–Trinajstić information content (AvgIpc) is 3.47. The van der Waals surface area contributed by atoms with Gasteiger partial charge in [-0.3, -0.25) is 9.59 Å². The zero-order chi connectivity index (χ0) is 22.2. The highest BCUT2D eigenvalue weighted by atomic mass is 32.1. The molecule has 2 aliphatic rings. The third kappa shape index (κ3) is 3.82. The van der Waals surface area contributed by atoms with Crippen molar-refractivity contribution < 1.29 is 9.59 Å². The van der Waals surface area contributed by atoms with Crippen LogP contribution in [0.5, 0.6) is 0 Å². The number of hydrogen-bond donors (Lipinski definition) is 2. The van der Waals surface area contributed by atoms with E-state index in [1.54, 1.807) is 28.7 Å². The van der Waals surface area contributed by atoms with Crippen molar-refractivity contribution >= 4 is 40.2 Å². The first-order valence-corrected chi connectivity index (χ1v) is 12.4. The number of ketones is 1. The van der Waals surface area contributed by atoms with Crippen molar-refractivity contribution in [3.05, 3.63) is 91.2 Å². The first kappa shape index (κ1) is 20.8. The molecule has 0 saturated heterocycles. The third-order valence-corrected chi connectivity index (χ3v) is 7.76. The Hall–Kier alpha value is -3.03. The van der Waals surface area contributed by atoms with Gasteiger partial charge in [0.2, 0.25) is 0 Å². The van der Waals surface area contributed by atoms with E-state index in [2.05, 4.69) is 27.1 Å². The van der Waals surface area contributed by atoms with Crippen LogP contribution in [-0.4, -0.2) is 16.7 Å². The number of rotatable bonds is 4. The van der Waals surface area contributed by atoms with E-state index in [1.807, 2.05) is 48.9 Å². The first-order chi connectivity index (χ1) is 15.5. The van der Waals surface area contributed by atoms with Crippen molar-refractivity contribution in [2.24, 2.45) is 0 Å². The summed E-state index contributed by atoms with van der Waals surface area (Å²) < 4.78 is 0. The van der Waals surface area contributed by atoms with Crippen molar-refractivity contribution in [3.8, 4) is 0 Å². The Morgan fingerprint density at radius 1 is 1.12 bits per heavy atom. The third-order valence-electron chi connectivity index (χ3n) is 6.02. The Balaban J connectivity index is 1.53. The van der Waals surface area contributed by atoms with Crippen LogP contribution in [0.1, 0.15) is 47.7 Å². The highest BCUT2D eigenvalue weighted by Crippen LogP contribution is 2.46. The van der Waals surface area contributed by atoms with Gasteiger partial charge >= 0.3 is 0 Å². The lowest BCUT2D eigenvalue weighted by Crippen LogP contribution is -2.36. The second-order valence-corrected chi connectivity index (χ2v) is 9.97. The summed E-state index contributed by atoms with van der Waals surface area (Å²) in [5.41, 5.74) is 4.84. The normalized spacial score (nSPS) is 20.8. The van der Waals surface area contributed by atoms with Gasteiger partial charge in [-0.1, -0.05) is 12.1 Å². The molecule has 4 heterocycles. The van der Waals surface area contributed by atoms with E-state index >= 15 is 0 Å². The number of carbonyl (C=O) groups excluding carboxylic acids is 2. The number of aromatic nitrogens is 1. The van der Waals surface area contributed by atoms with Crippen molar-refractivity contribution in [1.29, 1.82) is 0 Å². The van der Waals surface area contributed by atoms with E-state index in [0.29, 0.717) is 17.8 Å². The number of pyridine rings is 1. The molecule has 32 heavy (non-hydrogen) atoms. The highest BCUT2D eigenvalue weighted by molar-refractivity contribution is 7.10. The van der Waals surface area contributed by atoms with Gasteiger partial charge in [-0.2, -0.15) is 11.3 Å². The molecule has 0 aromatic carbocycles. The Morgan fingerprint density at radius 2 is 2.00 bits per heavy atom. The Bertz CT molecular complexity index is 1240. The molecule has 1 amide bonds. The molecule has 1 aliphatic carbocycles. The molecule has 3 aromatic rings. The van der Waals surface area contributed by atoms with Crippen molar-refractivity contribution in [2.75, 3.05) is 5.32 Å². The number of anilines is 1. The summed E-state index contributed by atoms with van der Waals surface area (Å²) >= 11 is 3.27. The van der Waals surface area contributed by atoms with Crippen molar-refractivity contribution in [2.45, 2.75) is 38.5 Å². The largest absolute Gasteiger partial charge is 0.362 e. The molecule has 5 nitrogen and oxygen atoms in total. The molecule has 0 saturated carbocycles. The summed E-state index contributed by atoms with van der Waals surface area (Å²) in [6.45, 7) is 3.80. The van der Waals surface area contributed by atoms with Crippen LogP contribution >= 0.6 is 22.7 Å². The van der Waals surface area contributed by atoms with Crippen LogP contribution < -0.4 is 10.6 Å². The maximum Gasteiger partial charge on any atom is 0.255 e. The van der Waals surface area contributed by atoms with Gasteiger partial charge in [0.05, 0.1) is 0 Å². The molecule has 0 unspecified atom stereocenters. The van der Waals surface area contributed by atoms with Crippen molar-refractivity contribution in [3.63, 3.8) is 0 Å². The van der Waals surface area contributed by atoms with Gasteiger partial charge in [0.25, 0.3) is 5.91 Å². The number of nitrogens with one attached hydrogen (secondary N) is 2. The molecule has 0 spiro atoms. The summed E-state index contributed by atoms with van der Waals surface area (Å²) in [4.78, 5) is 32.5. The molecule has 7 heteroatoms. The van der Waals surface area contributed by atoms with Crippen LogP contribution in [0.15, 0.2) is 75.1 Å². The van der Waals surface area contributed by atoms with E-state index in [9.17, 15) is 9.59 Å². The molecule has 0 radical (unpaired) electrons. The molecule has 5 rings (SSSR count). The number of aryl methyl sites for hydroxylation is 1. The first-order valence-electron chi connectivity index (χ1n) is 10.6. The van der Waals surface area contributed by atoms with Gasteiger partial charge in [-0.25, -0.2) is 4.98 Å². The molecule has 0 fully saturated rings. The fraction of sp³-hybridized carbons (Fsp3) is 0.240. The molecule has 3 aromatic heterocycles. The predicted molar refractivity (Wildman–Crippen MR) is 129 cm³/mol. The van der Waals surface area contributed by atoms with Crippen LogP contribution in [-0.2, 0) is 9.59 Å². The lowest BCUT2D eigenvalue weighted by Gasteiger charge is -2.36. The number of allylic oxidation sites excluding steroid dienone is 3. The fourth-order valence-electron chi connectivity index (χ4n) is 4.63. The van der Waals surface area contributed by atoms with Crippen LogP contribution in [0.2, 0.25) is 0 Å². The summed E-state index contributed by atoms with van der Waals surface area (Å²) in [7, 11) is 0. The zero-order valence-electron chi connectivity index (χ0n) is 17.8. The van der Waals surface area contributed by atoms with Gasteiger partial charge in [-0.15, -0.1) is 11.3 Å². The van der Waals surface area contributed by atoms with Gasteiger partial charge in [0.15, 0.2) is 5.78 Å². The predicted octanol–water partition coefficient (Wildman–Crippen LogP) is 5.51.